The van der Waals surface area contributed by atoms with Gasteiger partial charge in [-0.15, -0.1) is 0 Å². The molecule has 1 amide bonds. The first-order valence-corrected chi connectivity index (χ1v) is 6.49. The molecule has 0 aliphatic carbocycles. The van der Waals surface area contributed by atoms with E-state index in [1.165, 1.54) is 17.2 Å². The summed E-state index contributed by atoms with van der Waals surface area (Å²) in [4.78, 5) is 17.7. The highest BCUT2D eigenvalue weighted by Crippen LogP contribution is 2.22. The molecular weight excluding hydrogens is 249 g/mol. The molecule has 104 valence electrons. The number of halogens is 1. The lowest BCUT2D eigenvalue weighted by Crippen LogP contribution is -2.38. The molecule has 1 aromatic heterocycles. The number of likely N-dealkylation sites (tertiary alicyclic amines) is 1. The molecular formula is C13H18FN3O2. The van der Waals surface area contributed by atoms with Crippen LogP contribution in [0.25, 0.3) is 0 Å². The summed E-state index contributed by atoms with van der Waals surface area (Å²) in [6, 6.07) is 1.17. The fourth-order valence-corrected chi connectivity index (χ4v) is 2.35. The minimum atomic E-state index is -0.627. The average molecular weight is 267 g/mol. The number of carbonyl (C=O) groups excluding carboxylic acids is 1. The minimum absolute atomic E-state index is 0.00583. The van der Waals surface area contributed by atoms with Crippen LogP contribution in [-0.2, 0) is 0 Å². The quantitative estimate of drug-likeness (QED) is 0.861. The Morgan fingerprint density at radius 1 is 1.68 bits per heavy atom. The van der Waals surface area contributed by atoms with Crippen molar-refractivity contribution in [3.8, 4) is 0 Å². The molecule has 1 saturated heterocycles. The summed E-state index contributed by atoms with van der Waals surface area (Å²) >= 11 is 0. The Kier molecular flexibility index (Phi) is 4.31. The maximum Gasteiger partial charge on any atom is 0.257 e. The molecule has 1 aliphatic rings. The second kappa shape index (κ2) is 5.97. The molecule has 19 heavy (non-hydrogen) atoms. The number of aliphatic hydroxyl groups is 1. The first-order valence-electron chi connectivity index (χ1n) is 6.49. The summed E-state index contributed by atoms with van der Waals surface area (Å²) in [5.41, 5.74) is 0.00583. The number of rotatable bonds is 4. The highest BCUT2D eigenvalue weighted by atomic mass is 19.1. The van der Waals surface area contributed by atoms with E-state index in [0.29, 0.717) is 13.1 Å². The highest BCUT2D eigenvalue weighted by molar-refractivity contribution is 5.95. The van der Waals surface area contributed by atoms with Gasteiger partial charge in [-0.1, -0.05) is 0 Å². The van der Waals surface area contributed by atoms with Crippen LogP contribution < -0.4 is 5.32 Å². The zero-order valence-electron chi connectivity index (χ0n) is 10.9. The van der Waals surface area contributed by atoms with Gasteiger partial charge in [0.05, 0.1) is 18.2 Å². The van der Waals surface area contributed by atoms with Gasteiger partial charge in [0, 0.05) is 19.3 Å². The molecule has 2 heterocycles. The maximum absolute atomic E-state index is 14.2. The normalized spacial score (nSPS) is 18.7. The monoisotopic (exact) mass is 267 g/mol. The smallest absolute Gasteiger partial charge is 0.257 e. The SMILES string of the molecule is CCNc1nccc(C(=O)N2CCCC2CO)c1F. The Labute approximate surface area is 111 Å². The van der Waals surface area contributed by atoms with Crippen molar-refractivity contribution in [2.45, 2.75) is 25.8 Å². The number of pyridine rings is 1. The molecule has 2 N–H and O–H groups in total. The molecule has 1 fully saturated rings. The lowest BCUT2D eigenvalue weighted by molar-refractivity contribution is 0.0673. The van der Waals surface area contributed by atoms with E-state index in [4.69, 9.17) is 0 Å². The number of nitrogens with zero attached hydrogens (tertiary/aromatic N) is 2. The molecule has 0 aromatic carbocycles. The summed E-state index contributed by atoms with van der Waals surface area (Å²) in [6.45, 7) is 2.84. The Morgan fingerprint density at radius 2 is 2.47 bits per heavy atom. The molecule has 0 bridgehead atoms. The fraction of sp³-hybridized carbons (Fsp3) is 0.538. The Morgan fingerprint density at radius 3 is 3.16 bits per heavy atom. The van der Waals surface area contributed by atoms with Gasteiger partial charge in [-0.2, -0.15) is 0 Å². The van der Waals surface area contributed by atoms with Crippen molar-refractivity contribution in [2.75, 3.05) is 25.0 Å². The fourth-order valence-electron chi connectivity index (χ4n) is 2.35. The van der Waals surface area contributed by atoms with Gasteiger partial charge < -0.3 is 15.3 Å². The lowest BCUT2D eigenvalue weighted by atomic mass is 10.2. The molecule has 2 rings (SSSR count). The van der Waals surface area contributed by atoms with Crippen LogP contribution in [-0.4, -0.2) is 46.6 Å². The number of hydrogen-bond acceptors (Lipinski definition) is 4. The number of aromatic nitrogens is 1. The number of hydrogen-bond donors (Lipinski definition) is 2. The summed E-state index contributed by atoms with van der Waals surface area (Å²) in [6.07, 6.45) is 3.01. The topological polar surface area (TPSA) is 65.5 Å². The van der Waals surface area contributed by atoms with Crippen LogP contribution in [0, 0.1) is 5.82 Å². The van der Waals surface area contributed by atoms with Crippen LogP contribution >= 0.6 is 0 Å². The van der Waals surface area contributed by atoms with E-state index in [-0.39, 0.29) is 29.9 Å². The minimum Gasteiger partial charge on any atom is -0.394 e. The average Bonchev–Trinajstić information content (AvgIpc) is 2.89. The number of nitrogens with one attached hydrogen (secondary N) is 1. The molecule has 1 atom stereocenters. The van der Waals surface area contributed by atoms with Crippen LogP contribution in [0.2, 0.25) is 0 Å². The third kappa shape index (κ3) is 2.68. The van der Waals surface area contributed by atoms with E-state index in [9.17, 15) is 14.3 Å². The van der Waals surface area contributed by atoms with E-state index >= 15 is 0 Å². The standard InChI is InChI=1S/C13H18FN3O2/c1-2-15-12-11(14)10(5-6-16-12)13(19)17-7-3-4-9(17)8-18/h5-6,9,18H,2-4,7-8H2,1H3,(H,15,16). The molecule has 0 radical (unpaired) electrons. The van der Waals surface area contributed by atoms with Crippen molar-refractivity contribution in [2.24, 2.45) is 0 Å². The van der Waals surface area contributed by atoms with Gasteiger partial charge in [-0.05, 0) is 25.8 Å². The van der Waals surface area contributed by atoms with Gasteiger partial charge >= 0.3 is 0 Å². The number of carbonyl (C=O) groups is 1. The van der Waals surface area contributed by atoms with Crippen molar-refractivity contribution in [1.82, 2.24) is 9.88 Å². The van der Waals surface area contributed by atoms with E-state index in [1.54, 1.807) is 0 Å². The van der Waals surface area contributed by atoms with Crippen molar-refractivity contribution < 1.29 is 14.3 Å². The van der Waals surface area contributed by atoms with Crippen molar-refractivity contribution in [3.63, 3.8) is 0 Å². The second-order valence-corrected chi connectivity index (χ2v) is 4.53. The van der Waals surface area contributed by atoms with E-state index in [1.807, 2.05) is 6.92 Å². The Hall–Kier alpha value is -1.69. The first-order chi connectivity index (χ1) is 9.19. The summed E-state index contributed by atoms with van der Waals surface area (Å²) in [5, 5.41) is 12.0. The van der Waals surface area contributed by atoms with Crippen LogP contribution in [0.5, 0.6) is 0 Å². The van der Waals surface area contributed by atoms with Crippen LogP contribution in [0.15, 0.2) is 12.3 Å². The molecule has 0 spiro atoms. The van der Waals surface area contributed by atoms with Gasteiger partial charge in [0.15, 0.2) is 11.6 Å². The van der Waals surface area contributed by atoms with Gasteiger partial charge in [0.1, 0.15) is 0 Å². The number of aliphatic hydroxyl groups excluding tert-OH is 1. The molecule has 0 saturated carbocycles. The third-order valence-corrected chi connectivity index (χ3v) is 3.31. The molecule has 1 unspecified atom stereocenters. The maximum atomic E-state index is 14.2. The lowest BCUT2D eigenvalue weighted by Gasteiger charge is -2.23. The van der Waals surface area contributed by atoms with Crippen molar-refractivity contribution >= 4 is 11.7 Å². The zero-order chi connectivity index (χ0) is 13.8. The van der Waals surface area contributed by atoms with E-state index < -0.39 is 5.82 Å². The predicted molar refractivity (Wildman–Crippen MR) is 69.5 cm³/mol. The van der Waals surface area contributed by atoms with Crippen molar-refractivity contribution in [1.29, 1.82) is 0 Å². The van der Waals surface area contributed by atoms with Crippen LogP contribution in [0.1, 0.15) is 30.1 Å². The molecule has 1 aromatic rings. The van der Waals surface area contributed by atoms with Crippen LogP contribution in [0.3, 0.4) is 0 Å². The van der Waals surface area contributed by atoms with E-state index in [2.05, 4.69) is 10.3 Å². The summed E-state index contributed by atoms with van der Waals surface area (Å²) < 4.78 is 14.2. The van der Waals surface area contributed by atoms with Gasteiger partial charge in [-0.3, -0.25) is 4.79 Å². The zero-order valence-corrected chi connectivity index (χ0v) is 10.9. The van der Waals surface area contributed by atoms with Crippen molar-refractivity contribution in [3.05, 3.63) is 23.6 Å². The highest BCUT2D eigenvalue weighted by Gasteiger charge is 2.30. The second-order valence-electron chi connectivity index (χ2n) is 4.53. The third-order valence-electron chi connectivity index (χ3n) is 3.31. The Bertz CT molecular complexity index is 467. The van der Waals surface area contributed by atoms with Crippen LogP contribution in [0.4, 0.5) is 10.2 Å². The molecule has 1 aliphatic heterocycles. The van der Waals surface area contributed by atoms with Gasteiger partial charge in [-0.25, -0.2) is 9.37 Å². The Balaban J connectivity index is 2.26. The molecule has 5 nitrogen and oxygen atoms in total. The van der Waals surface area contributed by atoms with Gasteiger partial charge in [0.25, 0.3) is 5.91 Å². The number of amides is 1. The number of anilines is 1. The summed E-state index contributed by atoms with van der Waals surface area (Å²) in [5.74, 6) is -0.915. The van der Waals surface area contributed by atoms with Gasteiger partial charge in [0.2, 0.25) is 0 Å². The summed E-state index contributed by atoms with van der Waals surface area (Å²) in [7, 11) is 0. The van der Waals surface area contributed by atoms with E-state index in [0.717, 1.165) is 12.8 Å². The largest absolute Gasteiger partial charge is 0.394 e. The molecule has 6 heteroatoms. The first kappa shape index (κ1) is 13.7. The predicted octanol–water partition coefficient (Wildman–Crippen LogP) is 1.25.